The smallest absolute Gasteiger partial charge is 0.0565 e. The van der Waals surface area contributed by atoms with E-state index in [1.807, 2.05) is 6.92 Å². The predicted molar refractivity (Wildman–Crippen MR) is 61.9 cm³/mol. The number of aliphatic hydroxyl groups is 1. The minimum atomic E-state index is -0.220. The molecule has 1 rings (SSSR count). The molecule has 0 saturated carbocycles. The van der Waals surface area contributed by atoms with Crippen molar-refractivity contribution >= 4 is 0 Å². The van der Waals surface area contributed by atoms with Crippen LogP contribution in [0.4, 0.5) is 0 Å². The van der Waals surface area contributed by atoms with Gasteiger partial charge in [0.2, 0.25) is 0 Å². The maximum Gasteiger partial charge on any atom is 0.0565 e. The molecule has 0 aromatic heterocycles. The number of aliphatic hydroxyl groups excluding tert-OH is 1. The SMILES string of the molecule is CC(O)CC(C)NC1CC(C)OC(C)C1. The van der Waals surface area contributed by atoms with Gasteiger partial charge in [0, 0.05) is 12.1 Å². The van der Waals surface area contributed by atoms with Crippen LogP contribution in [0.25, 0.3) is 0 Å². The van der Waals surface area contributed by atoms with E-state index in [4.69, 9.17) is 4.74 Å². The normalized spacial score (nSPS) is 36.2. The maximum atomic E-state index is 9.29. The summed E-state index contributed by atoms with van der Waals surface area (Å²) in [6.07, 6.45) is 3.46. The van der Waals surface area contributed by atoms with Gasteiger partial charge in [0.1, 0.15) is 0 Å². The van der Waals surface area contributed by atoms with Crippen LogP contribution in [-0.4, -0.2) is 35.5 Å². The van der Waals surface area contributed by atoms with Crippen molar-refractivity contribution in [1.82, 2.24) is 5.32 Å². The number of nitrogens with one attached hydrogen (secondary N) is 1. The lowest BCUT2D eigenvalue weighted by atomic mass is 9.98. The molecule has 0 aromatic rings. The van der Waals surface area contributed by atoms with E-state index in [1.54, 1.807) is 0 Å². The third-order valence-electron chi connectivity index (χ3n) is 2.91. The van der Waals surface area contributed by atoms with Crippen molar-refractivity contribution in [2.75, 3.05) is 0 Å². The molecule has 1 saturated heterocycles. The van der Waals surface area contributed by atoms with Gasteiger partial charge in [-0.1, -0.05) is 0 Å². The molecule has 0 amide bonds. The Kier molecular flexibility index (Phi) is 5.03. The van der Waals surface area contributed by atoms with Crippen LogP contribution >= 0.6 is 0 Å². The van der Waals surface area contributed by atoms with Crippen LogP contribution in [0.3, 0.4) is 0 Å². The molecule has 1 fully saturated rings. The Bertz CT molecular complexity index is 174. The van der Waals surface area contributed by atoms with Gasteiger partial charge in [-0.2, -0.15) is 0 Å². The van der Waals surface area contributed by atoms with Gasteiger partial charge >= 0.3 is 0 Å². The molecule has 1 aliphatic rings. The lowest BCUT2D eigenvalue weighted by Gasteiger charge is -2.34. The van der Waals surface area contributed by atoms with E-state index in [2.05, 4.69) is 26.1 Å². The molecule has 0 spiro atoms. The predicted octanol–water partition coefficient (Wildman–Crippen LogP) is 1.69. The summed E-state index contributed by atoms with van der Waals surface area (Å²) in [5.74, 6) is 0. The van der Waals surface area contributed by atoms with Crippen molar-refractivity contribution in [2.24, 2.45) is 0 Å². The molecule has 4 atom stereocenters. The molecular formula is C12H25NO2. The van der Waals surface area contributed by atoms with E-state index in [0.717, 1.165) is 19.3 Å². The standard InChI is InChI=1S/C12H25NO2/c1-8(5-9(2)14)13-12-6-10(3)15-11(4)7-12/h8-14H,5-7H2,1-4H3. The lowest BCUT2D eigenvalue weighted by Crippen LogP contribution is -2.45. The first-order valence-electron chi connectivity index (χ1n) is 6.07. The fourth-order valence-corrected chi connectivity index (χ4v) is 2.52. The monoisotopic (exact) mass is 215 g/mol. The highest BCUT2D eigenvalue weighted by Crippen LogP contribution is 2.19. The van der Waals surface area contributed by atoms with Crippen LogP contribution in [0, 0.1) is 0 Å². The van der Waals surface area contributed by atoms with Crippen molar-refractivity contribution in [1.29, 1.82) is 0 Å². The fourth-order valence-electron chi connectivity index (χ4n) is 2.52. The molecule has 4 unspecified atom stereocenters. The van der Waals surface area contributed by atoms with E-state index < -0.39 is 0 Å². The highest BCUT2D eigenvalue weighted by atomic mass is 16.5. The van der Waals surface area contributed by atoms with Gasteiger partial charge < -0.3 is 15.2 Å². The molecular weight excluding hydrogens is 190 g/mol. The number of hydrogen-bond acceptors (Lipinski definition) is 3. The second-order valence-corrected chi connectivity index (χ2v) is 5.08. The molecule has 3 heteroatoms. The molecule has 15 heavy (non-hydrogen) atoms. The molecule has 0 aliphatic carbocycles. The summed E-state index contributed by atoms with van der Waals surface area (Å²) in [6.45, 7) is 8.23. The summed E-state index contributed by atoms with van der Waals surface area (Å²) in [4.78, 5) is 0. The van der Waals surface area contributed by atoms with Crippen LogP contribution in [0.2, 0.25) is 0 Å². The van der Waals surface area contributed by atoms with Gasteiger partial charge in [0.05, 0.1) is 18.3 Å². The van der Waals surface area contributed by atoms with Crippen molar-refractivity contribution in [3.05, 3.63) is 0 Å². The maximum absolute atomic E-state index is 9.29. The fraction of sp³-hybridized carbons (Fsp3) is 1.00. The summed E-state index contributed by atoms with van der Waals surface area (Å²) in [7, 11) is 0. The van der Waals surface area contributed by atoms with Crippen LogP contribution < -0.4 is 5.32 Å². The Morgan fingerprint density at radius 1 is 1.27 bits per heavy atom. The Balaban J connectivity index is 2.30. The topological polar surface area (TPSA) is 41.5 Å². The summed E-state index contributed by atoms with van der Waals surface area (Å²) < 4.78 is 5.69. The van der Waals surface area contributed by atoms with E-state index in [-0.39, 0.29) is 6.10 Å². The Morgan fingerprint density at radius 2 is 1.80 bits per heavy atom. The van der Waals surface area contributed by atoms with Gasteiger partial charge in [-0.15, -0.1) is 0 Å². The minimum absolute atomic E-state index is 0.220. The molecule has 0 aromatic carbocycles. The highest BCUT2D eigenvalue weighted by Gasteiger charge is 2.25. The van der Waals surface area contributed by atoms with Crippen LogP contribution in [-0.2, 0) is 4.74 Å². The first kappa shape index (κ1) is 12.9. The van der Waals surface area contributed by atoms with Crippen molar-refractivity contribution in [2.45, 2.75) is 77.4 Å². The summed E-state index contributed by atoms with van der Waals surface area (Å²) in [5, 5.41) is 12.9. The largest absolute Gasteiger partial charge is 0.393 e. The molecule has 0 radical (unpaired) electrons. The van der Waals surface area contributed by atoms with E-state index in [9.17, 15) is 5.11 Å². The third-order valence-corrected chi connectivity index (χ3v) is 2.91. The summed E-state index contributed by atoms with van der Waals surface area (Å²) in [6, 6.07) is 0.921. The average Bonchev–Trinajstić information content (AvgIpc) is 1.98. The van der Waals surface area contributed by atoms with Gasteiger partial charge in [-0.05, 0) is 47.0 Å². The van der Waals surface area contributed by atoms with Gasteiger partial charge in [-0.25, -0.2) is 0 Å². The summed E-state index contributed by atoms with van der Waals surface area (Å²) >= 11 is 0. The molecule has 2 N–H and O–H groups in total. The van der Waals surface area contributed by atoms with Crippen molar-refractivity contribution in [3.8, 4) is 0 Å². The molecule has 90 valence electrons. The van der Waals surface area contributed by atoms with Crippen LogP contribution in [0.15, 0.2) is 0 Å². The van der Waals surface area contributed by atoms with E-state index in [0.29, 0.717) is 24.3 Å². The number of hydrogen-bond donors (Lipinski definition) is 2. The molecule has 0 bridgehead atoms. The molecule has 1 aliphatic heterocycles. The quantitative estimate of drug-likeness (QED) is 0.750. The second kappa shape index (κ2) is 5.83. The average molecular weight is 215 g/mol. The summed E-state index contributed by atoms with van der Waals surface area (Å²) in [5.41, 5.74) is 0. The van der Waals surface area contributed by atoms with Gasteiger partial charge in [0.25, 0.3) is 0 Å². The zero-order chi connectivity index (χ0) is 11.4. The second-order valence-electron chi connectivity index (χ2n) is 5.08. The number of rotatable bonds is 4. The highest BCUT2D eigenvalue weighted by molar-refractivity contribution is 4.81. The first-order valence-corrected chi connectivity index (χ1v) is 6.07. The van der Waals surface area contributed by atoms with Crippen molar-refractivity contribution < 1.29 is 9.84 Å². The van der Waals surface area contributed by atoms with Crippen LogP contribution in [0.5, 0.6) is 0 Å². The Morgan fingerprint density at radius 3 is 2.27 bits per heavy atom. The minimum Gasteiger partial charge on any atom is -0.393 e. The van der Waals surface area contributed by atoms with Crippen LogP contribution in [0.1, 0.15) is 47.0 Å². The van der Waals surface area contributed by atoms with E-state index in [1.165, 1.54) is 0 Å². The Labute approximate surface area is 93.2 Å². The van der Waals surface area contributed by atoms with Gasteiger partial charge in [-0.3, -0.25) is 0 Å². The van der Waals surface area contributed by atoms with E-state index >= 15 is 0 Å². The van der Waals surface area contributed by atoms with Gasteiger partial charge in [0.15, 0.2) is 0 Å². The zero-order valence-electron chi connectivity index (χ0n) is 10.4. The number of ether oxygens (including phenoxy) is 1. The lowest BCUT2D eigenvalue weighted by molar-refractivity contribution is -0.0438. The molecule has 1 heterocycles. The zero-order valence-corrected chi connectivity index (χ0v) is 10.4. The molecule has 3 nitrogen and oxygen atoms in total. The first-order chi connectivity index (χ1) is 6.97. The third kappa shape index (κ3) is 4.96. The Hall–Kier alpha value is -0.120. The van der Waals surface area contributed by atoms with Crippen molar-refractivity contribution in [3.63, 3.8) is 0 Å².